The van der Waals surface area contributed by atoms with E-state index in [1.165, 1.54) is 14.1 Å². The lowest BCUT2D eigenvalue weighted by Crippen LogP contribution is -2.39. The number of nitrogens with one attached hydrogen (secondary N) is 1. The first kappa shape index (κ1) is 18.8. The van der Waals surface area contributed by atoms with Crippen LogP contribution < -0.4 is 21.6 Å². The summed E-state index contributed by atoms with van der Waals surface area (Å²) in [5, 5.41) is 14.5. The lowest BCUT2D eigenvalue weighted by Gasteiger charge is -2.21. The largest absolute Gasteiger partial charge is 0.494 e. The SMILES string of the molecule is CCN(CC)c1ccc([C@H]2CC(c3c(O)n(C)c(=O)n(C)c3=O)=NN2)cc1. The van der Waals surface area contributed by atoms with E-state index in [1.807, 2.05) is 12.1 Å². The predicted molar refractivity (Wildman–Crippen MR) is 106 cm³/mol. The van der Waals surface area contributed by atoms with Crippen LogP contribution in [-0.4, -0.2) is 33.0 Å². The normalized spacial score (nSPS) is 16.1. The number of aromatic nitrogens is 2. The zero-order chi connectivity index (χ0) is 19.7. The van der Waals surface area contributed by atoms with E-state index >= 15 is 0 Å². The molecule has 1 aliphatic rings. The van der Waals surface area contributed by atoms with Crippen molar-refractivity contribution in [2.75, 3.05) is 18.0 Å². The van der Waals surface area contributed by atoms with Gasteiger partial charge in [-0.1, -0.05) is 12.1 Å². The van der Waals surface area contributed by atoms with Crippen LogP contribution in [0.25, 0.3) is 0 Å². The summed E-state index contributed by atoms with van der Waals surface area (Å²) in [6.07, 6.45) is 0.450. The number of aromatic hydroxyl groups is 1. The van der Waals surface area contributed by atoms with Crippen molar-refractivity contribution in [3.05, 3.63) is 56.2 Å². The number of benzene rings is 1. The van der Waals surface area contributed by atoms with Gasteiger partial charge in [-0.05, 0) is 31.5 Å². The quantitative estimate of drug-likeness (QED) is 0.820. The Morgan fingerprint density at radius 2 is 1.78 bits per heavy atom. The Kier molecular flexibility index (Phi) is 5.07. The van der Waals surface area contributed by atoms with Crippen LogP contribution in [0.3, 0.4) is 0 Å². The van der Waals surface area contributed by atoms with Crippen molar-refractivity contribution >= 4 is 11.4 Å². The smallest absolute Gasteiger partial charge is 0.333 e. The third-order valence-electron chi connectivity index (χ3n) is 5.10. The first-order valence-corrected chi connectivity index (χ1v) is 9.05. The molecule has 1 atom stereocenters. The van der Waals surface area contributed by atoms with Gasteiger partial charge in [-0.15, -0.1) is 0 Å². The molecule has 0 amide bonds. The summed E-state index contributed by atoms with van der Waals surface area (Å²) in [6, 6.07) is 8.15. The van der Waals surface area contributed by atoms with Crippen LogP contribution in [0.5, 0.6) is 5.88 Å². The van der Waals surface area contributed by atoms with Crippen LogP contribution in [0.1, 0.15) is 37.4 Å². The molecular formula is C19H25N5O3. The van der Waals surface area contributed by atoms with E-state index in [-0.39, 0.29) is 17.5 Å². The number of hydrogen-bond acceptors (Lipinski definition) is 6. The maximum absolute atomic E-state index is 12.5. The number of anilines is 1. The molecular weight excluding hydrogens is 346 g/mol. The molecule has 3 rings (SSSR count). The molecule has 1 aromatic carbocycles. The molecule has 8 nitrogen and oxygen atoms in total. The zero-order valence-corrected chi connectivity index (χ0v) is 16.1. The average Bonchev–Trinajstić information content (AvgIpc) is 3.16. The minimum atomic E-state index is -0.573. The van der Waals surface area contributed by atoms with E-state index in [9.17, 15) is 14.7 Å². The van der Waals surface area contributed by atoms with Crippen molar-refractivity contribution in [1.82, 2.24) is 14.6 Å². The summed E-state index contributed by atoms with van der Waals surface area (Å²) in [4.78, 5) is 26.6. The van der Waals surface area contributed by atoms with E-state index in [0.29, 0.717) is 12.1 Å². The fourth-order valence-electron chi connectivity index (χ4n) is 3.38. The Labute approximate surface area is 157 Å². The van der Waals surface area contributed by atoms with Gasteiger partial charge in [-0.2, -0.15) is 5.10 Å². The summed E-state index contributed by atoms with van der Waals surface area (Å²) in [5.74, 6) is -0.360. The Morgan fingerprint density at radius 3 is 2.37 bits per heavy atom. The molecule has 0 saturated carbocycles. The van der Waals surface area contributed by atoms with Gasteiger partial charge in [-0.3, -0.25) is 13.9 Å². The summed E-state index contributed by atoms with van der Waals surface area (Å²) in [5.41, 5.74) is 4.63. The second-order valence-corrected chi connectivity index (χ2v) is 6.61. The number of hydrazone groups is 1. The number of rotatable bonds is 5. The van der Waals surface area contributed by atoms with Gasteiger partial charge in [0.2, 0.25) is 5.88 Å². The predicted octanol–water partition coefficient (Wildman–Crippen LogP) is 1.07. The van der Waals surface area contributed by atoms with Gasteiger partial charge in [0.05, 0.1) is 11.8 Å². The van der Waals surface area contributed by atoms with E-state index in [2.05, 4.69) is 41.4 Å². The van der Waals surface area contributed by atoms with Gasteiger partial charge in [-0.25, -0.2) is 4.79 Å². The van der Waals surface area contributed by atoms with E-state index in [1.54, 1.807) is 0 Å². The topological polar surface area (TPSA) is 91.9 Å². The highest BCUT2D eigenvalue weighted by Gasteiger charge is 2.27. The third-order valence-corrected chi connectivity index (χ3v) is 5.10. The standard InChI is InChI=1S/C19H25N5O3/c1-5-24(6-2)13-9-7-12(8-10-13)14-11-15(21-20-14)16-17(25)22(3)19(27)23(4)18(16)26/h7-10,14,20,25H,5-6,11H2,1-4H3/t14-/m1/s1. The fraction of sp³-hybridized carbons (Fsp3) is 0.421. The molecule has 0 unspecified atom stereocenters. The molecule has 0 aliphatic carbocycles. The first-order valence-electron chi connectivity index (χ1n) is 9.05. The van der Waals surface area contributed by atoms with E-state index in [4.69, 9.17) is 0 Å². The van der Waals surface area contributed by atoms with Crippen LogP contribution in [0.4, 0.5) is 5.69 Å². The molecule has 0 fully saturated rings. The Morgan fingerprint density at radius 1 is 1.15 bits per heavy atom. The minimum Gasteiger partial charge on any atom is -0.494 e. The van der Waals surface area contributed by atoms with Crippen LogP contribution in [0.15, 0.2) is 39.0 Å². The molecule has 0 spiro atoms. The van der Waals surface area contributed by atoms with E-state index in [0.717, 1.165) is 33.5 Å². The van der Waals surface area contributed by atoms with Crippen LogP contribution >= 0.6 is 0 Å². The van der Waals surface area contributed by atoms with Crippen molar-refractivity contribution in [3.8, 4) is 5.88 Å². The van der Waals surface area contributed by atoms with Gasteiger partial charge in [0.25, 0.3) is 5.56 Å². The maximum atomic E-state index is 12.5. The molecule has 8 heteroatoms. The minimum absolute atomic E-state index is 0.0642. The Balaban J connectivity index is 1.86. The van der Waals surface area contributed by atoms with Crippen LogP contribution in [0.2, 0.25) is 0 Å². The summed E-state index contributed by atoms with van der Waals surface area (Å²) >= 11 is 0. The summed E-state index contributed by atoms with van der Waals surface area (Å²) in [6.45, 7) is 6.13. The highest BCUT2D eigenvalue weighted by molar-refractivity contribution is 6.03. The molecule has 1 aromatic heterocycles. The second-order valence-electron chi connectivity index (χ2n) is 6.61. The Bertz CT molecular complexity index is 984. The van der Waals surface area contributed by atoms with Gasteiger partial charge >= 0.3 is 5.69 Å². The zero-order valence-electron chi connectivity index (χ0n) is 16.1. The highest BCUT2D eigenvalue weighted by atomic mass is 16.3. The average molecular weight is 371 g/mol. The molecule has 2 N–H and O–H groups in total. The maximum Gasteiger partial charge on any atom is 0.333 e. The number of hydrogen-bond donors (Lipinski definition) is 2. The molecule has 2 aromatic rings. The molecule has 2 heterocycles. The molecule has 1 aliphatic heterocycles. The van der Waals surface area contributed by atoms with Crippen molar-refractivity contribution in [3.63, 3.8) is 0 Å². The van der Waals surface area contributed by atoms with Crippen molar-refractivity contribution in [2.45, 2.75) is 26.3 Å². The van der Waals surface area contributed by atoms with Gasteiger partial charge < -0.3 is 15.4 Å². The Hall–Kier alpha value is -3.03. The molecule has 0 bridgehead atoms. The van der Waals surface area contributed by atoms with Crippen molar-refractivity contribution in [2.24, 2.45) is 19.2 Å². The lowest BCUT2D eigenvalue weighted by atomic mass is 9.99. The summed E-state index contributed by atoms with van der Waals surface area (Å²) < 4.78 is 2.02. The first-order chi connectivity index (χ1) is 12.9. The molecule has 27 heavy (non-hydrogen) atoms. The van der Waals surface area contributed by atoms with Crippen molar-refractivity contribution < 1.29 is 5.11 Å². The van der Waals surface area contributed by atoms with Crippen molar-refractivity contribution in [1.29, 1.82) is 0 Å². The van der Waals surface area contributed by atoms with Gasteiger partial charge in [0, 0.05) is 39.3 Å². The molecule has 0 radical (unpaired) electrons. The van der Waals surface area contributed by atoms with Gasteiger partial charge in [0.1, 0.15) is 5.56 Å². The molecule has 0 saturated heterocycles. The van der Waals surface area contributed by atoms with Crippen LogP contribution in [0, 0.1) is 0 Å². The fourth-order valence-corrected chi connectivity index (χ4v) is 3.38. The second kappa shape index (κ2) is 7.30. The van der Waals surface area contributed by atoms with E-state index < -0.39 is 11.2 Å². The highest BCUT2D eigenvalue weighted by Crippen LogP contribution is 2.27. The summed E-state index contributed by atoms with van der Waals surface area (Å²) in [7, 11) is 2.81. The monoisotopic (exact) mass is 371 g/mol. The van der Waals surface area contributed by atoms with Gasteiger partial charge in [0.15, 0.2) is 0 Å². The number of nitrogens with zero attached hydrogens (tertiary/aromatic N) is 4. The lowest BCUT2D eigenvalue weighted by molar-refractivity contribution is 0.410. The van der Waals surface area contributed by atoms with Crippen LogP contribution in [-0.2, 0) is 14.1 Å². The molecule has 144 valence electrons. The third kappa shape index (κ3) is 3.22.